The third-order valence-electron chi connectivity index (χ3n) is 15.1. The van der Waals surface area contributed by atoms with E-state index >= 15 is 0 Å². The number of aliphatic hydroxyl groups excluding tert-OH is 2. The number of anilines is 2. The van der Waals surface area contributed by atoms with Crippen molar-refractivity contribution in [3.05, 3.63) is 64.1 Å². The number of carbonyl (C=O) groups excluding carboxylic acids is 4. The van der Waals surface area contributed by atoms with E-state index in [9.17, 15) is 29.4 Å². The van der Waals surface area contributed by atoms with Crippen LogP contribution in [0, 0.1) is 23.7 Å². The van der Waals surface area contributed by atoms with E-state index in [0.717, 1.165) is 65.4 Å². The highest BCUT2D eigenvalue weighted by Gasteiger charge is 2.44. The average molecular weight is 1070 g/mol. The topological polar surface area (TPSA) is 241 Å². The second kappa shape index (κ2) is 23.8. The molecule has 3 aromatic heterocycles. The number of aliphatic hydroxyl groups is 2. The lowest BCUT2D eigenvalue weighted by atomic mass is 9.80. The lowest BCUT2D eigenvalue weighted by molar-refractivity contribution is -0.143. The number of β-amino-alcohol motifs (C(OH)–C–C–N with tert-alkyl or cyclic N) is 1. The van der Waals surface area contributed by atoms with Crippen LogP contribution in [0.1, 0.15) is 109 Å². The normalized spacial score (nSPS) is 21.8. The number of halogens is 1. The molecule has 4 amide bonds. The zero-order chi connectivity index (χ0) is 52.9. The summed E-state index contributed by atoms with van der Waals surface area (Å²) in [5.74, 6) is 0.779. The molecule has 0 unspecified atom stereocenters. The highest BCUT2D eigenvalue weighted by atomic mass is 35.5. The Morgan fingerprint density at radius 3 is 2.41 bits per heavy atom. The number of pyridine rings is 1. The highest BCUT2D eigenvalue weighted by molar-refractivity contribution is 7.99. The number of amides is 4. The first kappa shape index (κ1) is 55.1. The van der Waals surface area contributed by atoms with Crippen molar-refractivity contribution in [2.75, 3.05) is 49.5 Å². The van der Waals surface area contributed by atoms with Crippen LogP contribution in [-0.2, 0) is 32.3 Å². The van der Waals surface area contributed by atoms with Crippen LogP contribution >= 0.6 is 34.7 Å². The zero-order valence-corrected chi connectivity index (χ0v) is 45.8. The molecule has 1 aliphatic carbocycles. The number of rotatable bonds is 16. The van der Waals surface area contributed by atoms with Gasteiger partial charge in [0.15, 0.2) is 5.82 Å². The first-order chi connectivity index (χ1) is 35.3. The van der Waals surface area contributed by atoms with Gasteiger partial charge in [-0.05, 0) is 93.4 Å². The van der Waals surface area contributed by atoms with E-state index in [-0.39, 0.29) is 61.4 Å². The fraction of sp³-hybridized carbons (Fsp3) is 0.585. The largest absolute Gasteiger partial charge is 0.490 e. The lowest BCUT2D eigenvalue weighted by Crippen LogP contribution is -2.57. The molecule has 1 aromatic carbocycles. The number of thiazole rings is 1. The Labute approximate surface area is 447 Å². The summed E-state index contributed by atoms with van der Waals surface area (Å²) in [6.07, 6.45) is 8.63. The lowest BCUT2D eigenvalue weighted by Gasteiger charge is -2.39. The molecule has 74 heavy (non-hydrogen) atoms. The van der Waals surface area contributed by atoms with Crippen LogP contribution < -0.4 is 31.3 Å². The van der Waals surface area contributed by atoms with E-state index in [2.05, 4.69) is 37.7 Å². The first-order valence-electron chi connectivity index (χ1n) is 25.9. The van der Waals surface area contributed by atoms with E-state index < -0.39 is 35.4 Å². The maximum absolute atomic E-state index is 14.0. The minimum atomic E-state index is -0.917. The molecule has 4 aliphatic rings. The van der Waals surface area contributed by atoms with Crippen LogP contribution in [-0.4, -0.2) is 133 Å². The van der Waals surface area contributed by atoms with Crippen LogP contribution in [0.25, 0.3) is 10.4 Å². The molecule has 4 fully saturated rings. The van der Waals surface area contributed by atoms with Crippen molar-refractivity contribution in [2.24, 2.45) is 22.5 Å². The number of carbonyl (C=O) groups is 4. The predicted molar refractivity (Wildman–Crippen MR) is 287 cm³/mol. The third kappa shape index (κ3) is 13.1. The minimum Gasteiger partial charge on any atom is -0.490 e. The summed E-state index contributed by atoms with van der Waals surface area (Å²) >= 11 is 9.86. The molecule has 0 spiro atoms. The SMILES string of the molecule is CC(=O)N[C@H](C(=O)N1C[C@H](O)C[C@H]1C(=O)NCc1ccc(-c2scnc2C)cc1OC1CCC(C(=O)N2CCC(Nc3nccc(Sc4cnc(N5CCC(C)(CN)CC5)c(CO)n4)c3Cl)CC2)CC1)C(C)(C)C. The van der Waals surface area contributed by atoms with Gasteiger partial charge in [0.25, 0.3) is 0 Å². The summed E-state index contributed by atoms with van der Waals surface area (Å²) in [7, 11) is 0. The van der Waals surface area contributed by atoms with E-state index in [0.29, 0.717) is 78.4 Å². The number of nitrogens with one attached hydrogen (secondary N) is 3. The fourth-order valence-corrected chi connectivity index (χ4v) is 12.3. The Bertz CT molecular complexity index is 2650. The number of nitrogens with zero attached hydrogens (tertiary/aromatic N) is 7. The van der Waals surface area contributed by atoms with Crippen LogP contribution in [0.2, 0.25) is 5.02 Å². The van der Waals surface area contributed by atoms with Gasteiger partial charge in [-0.1, -0.05) is 63.2 Å². The Hall–Kier alpha value is -5.12. The van der Waals surface area contributed by atoms with Gasteiger partial charge in [0, 0.05) is 81.2 Å². The van der Waals surface area contributed by atoms with Gasteiger partial charge in [-0.2, -0.15) is 0 Å². The Morgan fingerprint density at radius 2 is 1.76 bits per heavy atom. The third-order valence-corrected chi connectivity index (χ3v) is 17.5. The van der Waals surface area contributed by atoms with E-state index in [1.54, 1.807) is 12.4 Å². The number of ether oxygens (including phenoxy) is 1. The average Bonchev–Trinajstić information content (AvgIpc) is 4.01. The van der Waals surface area contributed by atoms with E-state index in [4.69, 9.17) is 32.0 Å². The molecular weight excluding hydrogens is 1000 g/mol. The van der Waals surface area contributed by atoms with Gasteiger partial charge in [-0.25, -0.2) is 19.9 Å². The Kier molecular flexibility index (Phi) is 17.7. The molecule has 7 N–H and O–H groups in total. The second-order valence-electron chi connectivity index (χ2n) is 21.8. The number of piperidine rings is 2. The summed E-state index contributed by atoms with van der Waals surface area (Å²) in [6.45, 7) is 14.4. The fourth-order valence-electron chi connectivity index (χ4n) is 10.5. The van der Waals surface area contributed by atoms with Crippen molar-refractivity contribution < 1.29 is 34.1 Å². The standard InChI is InChI=1S/C53H72ClN11O7S2/c1-31-45(73-30-59-31)34-7-8-35(25-58-49(69)40-24-37(68)27-65(40)51(71)46(52(3,4)5)60-32(2)67)41(23-34)72-38-11-9-33(10-12-38)50(70)64-19-14-36(15-20-64)61-47-44(54)42(13-18-56-47)74-43-26-57-48(39(28-66)62-43)63-21-16-53(6,29-55)17-22-63/h7-8,13,18,23,26,30,33,36-38,40,46,66,68H,9-12,14-17,19-22,24-25,27-29,55H2,1-6H3,(H,56,61)(H,58,69)(H,60,67)/t33?,37-,38?,40+,46-/m1/s1. The second-order valence-corrected chi connectivity index (χ2v) is 24.0. The highest BCUT2D eigenvalue weighted by Crippen LogP contribution is 2.39. The number of nitrogens with two attached hydrogens (primary N) is 1. The zero-order valence-electron chi connectivity index (χ0n) is 43.4. The van der Waals surface area contributed by atoms with Gasteiger partial charge in [0.2, 0.25) is 23.6 Å². The Balaban J connectivity index is 0.840. The molecule has 3 aliphatic heterocycles. The van der Waals surface area contributed by atoms with Gasteiger partial charge in [0.1, 0.15) is 34.4 Å². The molecule has 8 rings (SSSR count). The van der Waals surface area contributed by atoms with Gasteiger partial charge in [-0.15, -0.1) is 11.3 Å². The smallest absolute Gasteiger partial charge is 0.246 e. The predicted octanol–water partition coefficient (Wildman–Crippen LogP) is 6.34. The number of aromatic nitrogens is 4. The number of benzene rings is 1. The van der Waals surface area contributed by atoms with Crippen molar-refractivity contribution in [1.82, 2.24) is 40.4 Å². The quantitative estimate of drug-likeness (QED) is 0.0718. The molecule has 3 saturated heterocycles. The summed E-state index contributed by atoms with van der Waals surface area (Å²) in [4.78, 5) is 79.5. The number of hydrogen-bond donors (Lipinski definition) is 6. The summed E-state index contributed by atoms with van der Waals surface area (Å²) < 4.78 is 6.76. The summed E-state index contributed by atoms with van der Waals surface area (Å²) in [6, 6.07) is 6.03. The van der Waals surface area contributed by atoms with Crippen LogP contribution in [0.4, 0.5) is 11.6 Å². The van der Waals surface area contributed by atoms with Crippen molar-refractivity contribution in [1.29, 1.82) is 0 Å². The molecule has 0 radical (unpaired) electrons. The van der Waals surface area contributed by atoms with Gasteiger partial charge < -0.3 is 51.3 Å². The molecule has 400 valence electrons. The van der Waals surface area contributed by atoms with Crippen LogP contribution in [0.15, 0.2) is 52.1 Å². The first-order valence-corrected chi connectivity index (χ1v) is 27.9. The van der Waals surface area contributed by atoms with Gasteiger partial charge in [-0.3, -0.25) is 19.2 Å². The van der Waals surface area contributed by atoms with Crippen LogP contribution in [0.5, 0.6) is 5.75 Å². The Morgan fingerprint density at radius 1 is 1.03 bits per heavy atom. The molecule has 21 heteroatoms. The molecule has 4 aromatic rings. The van der Waals surface area contributed by atoms with E-state index in [1.807, 2.05) is 62.4 Å². The van der Waals surface area contributed by atoms with Crippen molar-refractivity contribution in [3.63, 3.8) is 0 Å². The molecular formula is C53H72ClN11O7S2. The number of aryl methyl sites for hydroxylation is 1. The molecule has 3 atom stereocenters. The van der Waals surface area contributed by atoms with Crippen molar-refractivity contribution >= 4 is 70.0 Å². The summed E-state index contributed by atoms with van der Waals surface area (Å²) in [5.41, 5.74) is 10.4. The van der Waals surface area contributed by atoms with Crippen molar-refractivity contribution in [2.45, 2.75) is 153 Å². The molecule has 18 nitrogen and oxygen atoms in total. The molecule has 0 bridgehead atoms. The van der Waals surface area contributed by atoms with Crippen LogP contribution in [0.3, 0.4) is 0 Å². The van der Waals surface area contributed by atoms with Gasteiger partial charge >= 0.3 is 0 Å². The molecule has 6 heterocycles. The maximum Gasteiger partial charge on any atom is 0.246 e. The number of hydrogen-bond acceptors (Lipinski definition) is 16. The summed E-state index contributed by atoms with van der Waals surface area (Å²) in [5, 5.41) is 31.3. The van der Waals surface area contributed by atoms with Gasteiger partial charge in [0.05, 0.1) is 46.1 Å². The minimum absolute atomic E-state index is 0.0127. The van der Waals surface area contributed by atoms with Crippen molar-refractivity contribution in [3.8, 4) is 16.2 Å². The van der Waals surface area contributed by atoms with E-state index in [1.165, 1.54) is 34.9 Å². The monoisotopic (exact) mass is 1070 g/mol. The molecule has 1 saturated carbocycles. The number of likely N-dealkylation sites (tertiary alicyclic amines) is 2. The maximum atomic E-state index is 14.0.